The van der Waals surface area contributed by atoms with Gasteiger partial charge in [0.05, 0.1) is 0 Å². The smallest absolute Gasteiger partial charge is 0.423 e. The van der Waals surface area contributed by atoms with Crippen LogP contribution in [0.15, 0.2) is 23.1 Å². The molecule has 1 aromatic rings. The molecule has 0 atom stereocenters. The Bertz CT molecular complexity index is 359. The van der Waals surface area contributed by atoms with Crippen molar-refractivity contribution in [3.8, 4) is 0 Å². The van der Waals surface area contributed by atoms with Gasteiger partial charge in [-0.1, -0.05) is 17.7 Å². The highest BCUT2D eigenvalue weighted by atomic mass is 35.5. The van der Waals surface area contributed by atoms with Crippen LogP contribution >= 0.6 is 23.4 Å². The summed E-state index contributed by atoms with van der Waals surface area (Å²) in [4.78, 5) is -0.315. The van der Waals surface area contributed by atoms with Crippen LogP contribution in [0.4, 0.5) is 13.2 Å². The molecule has 1 aromatic carbocycles. The zero-order valence-electron chi connectivity index (χ0n) is 7.12. The van der Waals surface area contributed by atoms with E-state index in [1.54, 1.807) is 0 Å². The molecule has 0 saturated carbocycles. The summed E-state index contributed by atoms with van der Waals surface area (Å²) in [7, 11) is -1.95. The SMILES string of the molecule is OB(O)c1ccc(Cl)cc1SC(F)(F)F. The molecule has 0 aliphatic rings. The van der Waals surface area contributed by atoms with E-state index in [1.165, 1.54) is 6.07 Å². The molecule has 0 amide bonds. The molecule has 0 aliphatic heterocycles. The molecule has 2 nitrogen and oxygen atoms in total. The highest BCUT2D eigenvalue weighted by Crippen LogP contribution is 2.36. The van der Waals surface area contributed by atoms with Crippen molar-refractivity contribution in [2.45, 2.75) is 10.4 Å². The number of hydrogen-bond acceptors (Lipinski definition) is 3. The summed E-state index contributed by atoms with van der Waals surface area (Å²) in [5.74, 6) is 0. The lowest BCUT2D eigenvalue weighted by Gasteiger charge is -2.10. The van der Waals surface area contributed by atoms with Gasteiger partial charge >= 0.3 is 12.6 Å². The van der Waals surface area contributed by atoms with E-state index in [9.17, 15) is 13.2 Å². The summed E-state index contributed by atoms with van der Waals surface area (Å²) in [6.07, 6.45) is 0. The van der Waals surface area contributed by atoms with Crippen molar-refractivity contribution >= 4 is 35.9 Å². The molecule has 0 radical (unpaired) electrons. The van der Waals surface area contributed by atoms with E-state index in [-0.39, 0.29) is 15.4 Å². The van der Waals surface area contributed by atoms with Crippen molar-refractivity contribution < 1.29 is 23.2 Å². The zero-order chi connectivity index (χ0) is 11.6. The van der Waals surface area contributed by atoms with Gasteiger partial charge in [0.2, 0.25) is 0 Å². The Hall–Kier alpha value is -0.365. The predicted molar refractivity (Wildman–Crippen MR) is 53.2 cm³/mol. The van der Waals surface area contributed by atoms with E-state index in [0.29, 0.717) is 0 Å². The van der Waals surface area contributed by atoms with Crippen LogP contribution in [0.25, 0.3) is 0 Å². The van der Waals surface area contributed by atoms with Gasteiger partial charge in [0.15, 0.2) is 0 Å². The number of alkyl halides is 3. The fourth-order valence-corrected chi connectivity index (χ4v) is 1.90. The molecule has 0 aliphatic carbocycles. The van der Waals surface area contributed by atoms with Crippen molar-refractivity contribution in [2.24, 2.45) is 0 Å². The maximum atomic E-state index is 12.1. The maximum absolute atomic E-state index is 12.1. The normalized spacial score (nSPS) is 11.6. The largest absolute Gasteiger partial charge is 0.489 e. The second-order valence-corrected chi connectivity index (χ2v) is 4.15. The number of benzene rings is 1. The van der Waals surface area contributed by atoms with E-state index >= 15 is 0 Å². The first-order valence-electron chi connectivity index (χ1n) is 3.71. The van der Waals surface area contributed by atoms with Crippen LogP contribution in [0.3, 0.4) is 0 Å². The Morgan fingerprint density at radius 3 is 2.33 bits per heavy atom. The topological polar surface area (TPSA) is 40.5 Å². The molecule has 0 unspecified atom stereocenters. The fraction of sp³-hybridized carbons (Fsp3) is 0.143. The van der Waals surface area contributed by atoms with Crippen molar-refractivity contribution in [3.05, 3.63) is 23.2 Å². The van der Waals surface area contributed by atoms with E-state index in [4.69, 9.17) is 21.6 Å². The monoisotopic (exact) mass is 256 g/mol. The van der Waals surface area contributed by atoms with Gasteiger partial charge in [0, 0.05) is 9.92 Å². The van der Waals surface area contributed by atoms with Gasteiger partial charge in [0.1, 0.15) is 0 Å². The third-order valence-electron chi connectivity index (χ3n) is 1.48. The van der Waals surface area contributed by atoms with Crippen LogP contribution in [-0.2, 0) is 0 Å². The van der Waals surface area contributed by atoms with Gasteiger partial charge in [0.25, 0.3) is 0 Å². The standard InChI is InChI=1S/C7H5BClF3O2S/c9-4-1-2-5(8(13)14)6(3-4)15-7(10,11)12/h1-3,13-14H. The van der Waals surface area contributed by atoms with Gasteiger partial charge in [-0.15, -0.1) is 0 Å². The molecule has 0 heterocycles. The predicted octanol–water partition coefficient (Wildman–Crippen LogP) is 1.63. The molecule has 0 spiro atoms. The number of hydrogen-bond donors (Lipinski definition) is 2. The highest BCUT2D eigenvalue weighted by Gasteiger charge is 2.32. The van der Waals surface area contributed by atoms with Crippen molar-refractivity contribution in [2.75, 3.05) is 0 Å². The molecular weight excluding hydrogens is 251 g/mol. The van der Waals surface area contributed by atoms with Gasteiger partial charge in [-0.2, -0.15) is 13.2 Å². The number of halogens is 4. The minimum Gasteiger partial charge on any atom is -0.423 e. The van der Waals surface area contributed by atoms with Gasteiger partial charge < -0.3 is 10.0 Å². The number of thioether (sulfide) groups is 1. The van der Waals surface area contributed by atoms with Crippen LogP contribution in [0.5, 0.6) is 0 Å². The first kappa shape index (κ1) is 12.7. The van der Waals surface area contributed by atoms with Gasteiger partial charge in [-0.3, -0.25) is 0 Å². The van der Waals surface area contributed by atoms with E-state index in [2.05, 4.69) is 0 Å². The average molecular weight is 256 g/mol. The van der Waals surface area contributed by atoms with Gasteiger partial charge in [-0.25, -0.2) is 0 Å². The summed E-state index contributed by atoms with van der Waals surface area (Å²) in [5.41, 5.74) is -4.71. The third-order valence-corrected chi connectivity index (χ3v) is 2.52. The zero-order valence-corrected chi connectivity index (χ0v) is 8.70. The average Bonchev–Trinajstić information content (AvgIpc) is 1.99. The lowest BCUT2D eigenvalue weighted by Crippen LogP contribution is -2.32. The highest BCUT2D eigenvalue weighted by molar-refractivity contribution is 8.00. The quantitative estimate of drug-likeness (QED) is 0.624. The first-order chi connectivity index (χ1) is 6.79. The van der Waals surface area contributed by atoms with Crippen LogP contribution in [0.1, 0.15) is 0 Å². The molecule has 15 heavy (non-hydrogen) atoms. The second-order valence-electron chi connectivity index (χ2n) is 2.60. The van der Waals surface area contributed by atoms with E-state index in [0.717, 1.165) is 12.1 Å². The summed E-state index contributed by atoms with van der Waals surface area (Å²) in [6.45, 7) is 0. The summed E-state index contributed by atoms with van der Waals surface area (Å²) >= 11 is 5.07. The Kier molecular flexibility index (Phi) is 3.94. The molecule has 1 rings (SSSR count). The maximum Gasteiger partial charge on any atom is 0.489 e. The first-order valence-corrected chi connectivity index (χ1v) is 4.90. The fourth-order valence-electron chi connectivity index (χ4n) is 0.935. The number of rotatable bonds is 2. The van der Waals surface area contributed by atoms with Crippen molar-refractivity contribution in [1.29, 1.82) is 0 Å². The van der Waals surface area contributed by atoms with Crippen molar-refractivity contribution in [3.63, 3.8) is 0 Å². The van der Waals surface area contributed by atoms with Crippen LogP contribution < -0.4 is 5.46 Å². The molecule has 0 saturated heterocycles. The molecule has 82 valence electrons. The van der Waals surface area contributed by atoms with Gasteiger partial charge in [-0.05, 0) is 29.4 Å². The molecule has 8 heteroatoms. The molecule has 0 aromatic heterocycles. The summed E-state index contributed by atoms with van der Waals surface area (Å²) in [6, 6.07) is 3.46. The Labute approximate surface area is 93.2 Å². The minimum atomic E-state index is -4.49. The minimum absolute atomic E-state index is 0.103. The second kappa shape index (κ2) is 4.65. The lowest BCUT2D eigenvalue weighted by atomic mass is 9.80. The van der Waals surface area contributed by atoms with Crippen molar-refractivity contribution in [1.82, 2.24) is 0 Å². The van der Waals surface area contributed by atoms with E-state index in [1.807, 2.05) is 0 Å². The molecule has 0 fully saturated rings. The van der Waals surface area contributed by atoms with Crippen LogP contribution in [-0.4, -0.2) is 22.7 Å². The lowest BCUT2D eigenvalue weighted by molar-refractivity contribution is -0.0327. The molecule has 0 bridgehead atoms. The van der Waals surface area contributed by atoms with Crippen LogP contribution in [0, 0.1) is 0 Å². The third kappa shape index (κ3) is 3.94. The summed E-state index contributed by atoms with van der Waals surface area (Å²) < 4.78 is 36.2. The summed E-state index contributed by atoms with van der Waals surface area (Å²) in [5, 5.41) is 17.8. The Morgan fingerprint density at radius 2 is 1.87 bits per heavy atom. The van der Waals surface area contributed by atoms with E-state index < -0.39 is 24.4 Å². The van der Waals surface area contributed by atoms with Crippen LogP contribution in [0.2, 0.25) is 5.02 Å². The molecular formula is C7H5BClF3O2S. The Balaban J connectivity index is 3.08. The molecule has 2 N–H and O–H groups in total. The Morgan fingerprint density at radius 1 is 1.27 bits per heavy atom.